The van der Waals surface area contributed by atoms with Crippen LogP contribution < -0.4 is 10.2 Å². The highest BCUT2D eigenvalue weighted by Gasteiger charge is 2.25. The summed E-state index contributed by atoms with van der Waals surface area (Å²) in [6.45, 7) is 0.798. The van der Waals surface area contributed by atoms with Gasteiger partial charge in [0.05, 0.1) is 0 Å². The Labute approximate surface area is 119 Å². The van der Waals surface area contributed by atoms with Crippen LogP contribution >= 0.6 is 0 Å². The molecule has 1 saturated carbocycles. The maximum absolute atomic E-state index is 11.9. The lowest BCUT2D eigenvalue weighted by Crippen LogP contribution is -2.35. The van der Waals surface area contributed by atoms with Crippen LogP contribution in [-0.4, -0.2) is 18.4 Å². The van der Waals surface area contributed by atoms with Gasteiger partial charge in [-0.25, -0.2) is 0 Å². The number of rotatable bonds is 3. The second-order valence-electron chi connectivity index (χ2n) is 5.67. The zero-order chi connectivity index (χ0) is 13.9. The van der Waals surface area contributed by atoms with Gasteiger partial charge in [0.25, 0.3) is 0 Å². The Morgan fingerprint density at radius 2 is 1.85 bits per heavy atom. The number of nitrogens with one attached hydrogen (secondary N) is 1. The van der Waals surface area contributed by atoms with Gasteiger partial charge in [-0.1, -0.05) is 6.42 Å². The van der Waals surface area contributed by atoms with Gasteiger partial charge >= 0.3 is 0 Å². The molecular formula is C16H20N2O2. The van der Waals surface area contributed by atoms with Gasteiger partial charge in [0.15, 0.2) is 0 Å². The van der Waals surface area contributed by atoms with E-state index in [9.17, 15) is 9.59 Å². The summed E-state index contributed by atoms with van der Waals surface area (Å²) in [5.41, 5.74) is 1.74. The van der Waals surface area contributed by atoms with E-state index in [-0.39, 0.29) is 17.7 Å². The average Bonchev–Trinajstić information content (AvgIpc) is 2.38. The molecule has 1 aliphatic heterocycles. The van der Waals surface area contributed by atoms with Crippen LogP contribution in [0, 0.1) is 5.92 Å². The number of hydrogen-bond donors (Lipinski definition) is 1. The Morgan fingerprint density at radius 1 is 1.10 bits per heavy atom. The number of benzene rings is 1. The fraction of sp³-hybridized carbons (Fsp3) is 0.500. The van der Waals surface area contributed by atoms with Crippen LogP contribution in [0.1, 0.15) is 38.5 Å². The van der Waals surface area contributed by atoms with E-state index < -0.39 is 0 Å². The monoisotopic (exact) mass is 272 g/mol. The smallest absolute Gasteiger partial charge is 0.227 e. The molecule has 2 fully saturated rings. The SMILES string of the molecule is O=C(Nc1ccc(N2CCCCC2=O)cc1)C1CCC1. The highest BCUT2D eigenvalue weighted by molar-refractivity contribution is 5.95. The largest absolute Gasteiger partial charge is 0.326 e. The fourth-order valence-electron chi connectivity index (χ4n) is 2.72. The Kier molecular flexibility index (Phi) is 3.72. The van der Waals surface area contributed by atoms with Crippen molar-refractivity contribution in [2.45, 2.75) is 38.5 Å². The Balaban J connectivity index is 1.64. The first-order chi connectivity index (χ1) is 9.74. The molecule has 1 aliphatic carbocycles. The van der Waals surface area contributed by atoms with Crippen LogP contribution in [0.4, 0.5) is 11.4 Å². The molecule has 1 heterocycles. The van der Waals surface area contributed by atoms with Gasteiger partial charge in [-0.15, -0.1) is 0 Å². The van der Waals surface area contributed by atoms with E-state index in [0.29, 0.717) is 6.42 Å². The molecule has 0 aromatic heterocycles. The van der Waals surface area contributed by atoms with Crippen molar-refractivity contribution in [3.8, 4) is 0 Å². The van der Waals surface area contributed by atoms with Crippen LogP contribution in [0.5, 0.6) is 0 Å². The molecular weight excluding hydrogens is 252 g/mol. The van der Waals surface area contributed by atoms with Crippen molar-refractivity contribution in [2.75, 3.05) is 16.8 Å². The number of hydrogen-bond acceptors (Lipinski definition) is 2. The third kappa shape index (κ3) is 2.69. The van der Waals surface area contributed by atoms with Crippen molar-refractivity contribution in [3.63, 3.8) is 0 Å². The maximum Gasteiger partial charge on any atom is 0.227 e. The molecule has 3 rings (SSSR count). The van der Waals surface area contributed by atoms with Crippen LogP contribution in [0.25, 0.3) is 0 Å². The number of amides is 2. The molecule has 1 N–H and O–H groups in total. The van der Waals surface area contributed by atoms with E-state index in [4.69, 9.17) is 0 Å². The molecule has 0 radical (unpaired) electrons. The number of carbonyl (C=O) groups is 2. The molecule has 1 aromatic carbocycles. The first-order valence-corrected chi connectivity index (χ1v) is 7.45. The van der Waals surface area contributed by atoms with Gasteiger partial charge in [-0.05, 0) is 49.9 Å². The average molecular weight is 272 g/mol. The molecule has 0 spiro atoms. The number of nitrogens with zero attached hydrogens (tertiary/aromatic N) is 1. The van der Waals surface area contributed by atoms with Gasteiger partial charge in [0, 0.05) is 30.3 Å². The quantitative estimate of drug-likeness (QED) is 0.919. The zero-order valence-electron chi connectivity index (χ0n) is 11.6. The van der Waals surface area contributed by atoms with Gasteiger partial charge in [-0.3, -0.25) is 9.59 Å². The zero-order valence-corrected chi connectivity index (χ0v) is 11.6. The summed E-state index contributed by atoms with van der Waals surface area (Å²) in [7, 11) is 0. The van der Waals surface area contributed by atoms with Crippen LogP contribution in [-0.2, 0) is 9.59 Å². The summed E-state index contributed by atoms with van der Waals surface area (Å²) >= 11 is 0. The minimum Gasteiger partial charge on any atom is -0.326 e. The molecule has 106 valence electrons. The number of piperidine rings is 1. The standard InChI is InChI=1S/C16H20N2O2/c19-15-6-1-2-11-18(15)14-9-7-13(8-10-14)17-16(20)12-4-3-5-12/h7-10,12H,1-6,11H2,(H,17,20). The Bertz CT molecular complexity index is 506. The summed E-state index contributed by atoms with van der Waals surface area (Å²) in [5.74, 6) is 0.513. The predicted molar refractivity (Wildman–Crippen MR) is 78.6 cm³/mol. The van der Waals surface area contributed by atoms with Crippen molar-refractivity contribution >= 4 is 23.2 Å². The third-order valence-electron chi connectivity index (χ3n) is 4.25. The van der Waals surface area contributed by atoms with Crippen molar-refractivity contribution in [1.82, 2.24) is 0 Å². The van der Waals surface area contributed by atoms with Crippen molar-refractivity contribution < 1.29 is 9.59 Å². The number of carbonyl (C=O) groups excluding carboxylic acids is 2. The van der Waals surface area contributed by atoms with Crippen molar-refractivity contribution in [1.29, 1.82) is 0 Å². The highest BCUT2D eigenvalue weighted by Crippen LogP contribution is 2.28. The van der Waals surface area contributed by atoms with E-state index in [0.717, 1.165) is 50.0 Å². The fourth-order valence-corrected chi connectivity index (χ4v) is 2.72. The lowest BCUT2D eigenvalue weighted by atomic mass is 9.85. The van der Waals surface area contributed by atoms with Gasteiger partial charge in [0.2, 0.25) is 11.8 Å². The normalized spacial score (nSPS) is 19.6. The van der Waals surface area contributed by atoms with Crippen molar-refractivity contribution in [2.24, 2.45) is 5.92 Å². The first kappa shape index (κ1) is 13.2. The number of anilines is 2. The molecule has 0 unspecified atom stereocenters. The van der Waals surface area contributed by atoms with Crippen LogP contribution in [0.15, 0.2) is 24.3 Å². The molecule has 1 aromatic rings. The van der Waals surface area contributed by atoms with E-state index in [1.165, 1.54) is 0 Å². The Morgan fingerprint density at radius 3 is 2.45 bits per heavy atom. The molecule has 2 amide bonds. The highest BCUT2D eigenvalue weighted by atomic mass is 16.2. The molecule has 20 heavy (non-hydrogen) atoms. The summed E-state index contributed by atoms with van der Waals surface area (Å²) in [6.07, 6.45) is 5.86. The summed E-state index contributed by atoms with van der Waals surface area (Å²) in [5, 5.41) is 2.94. The minimum absolute atomic E-state index is 0.123. The van der Waals surface area contributed by atoms with E-state index in [1.807, 2.05) is 29.2 Å². The minimum atomic E-state index is 0.123. The van der Waals surface area contributed by atoms with Crippen molar-refractivity contribution in [3.05, 3.63) is 24.3 Å². The second-order valence-corrected chi connectivity index (χ2v) is 5.67. The predicted octanol–water partition coefficient (Wildman–Crippen LogP) is 2.94. The van der Waals surface area contributed by atoms with Crippen LogP contribution in [0.3, 0.4) is 0 Å². The van der Waals surface area contributed by atoms with E-state index >= 15 is 0 Å². The second kappa shape index (κ2) is 5.65. The molecule has 4 heteroatoms. The molecule has 1 saturated heterocycles. The summed E-state index contributed by atoms with van der Waals surface area (Å²) in [6, 6.07) is 7.60. The van der Waals surface area contributed by atoms with Gasteiger partial charge in [0.1, 0.15) is 0 Å². The maximum atomic E-state index is 11.9. The van der Waals surface area contributed by atoms with E-state index in [1.54, 1.807) is 0 Å². The molecule has 4 nitrogen and oxygen atoms in total. The summed E-state index contributed by atoms with van der Waals surface area (Å²) < 4.78 is 0. The van der Waals surface area contributed by atoms with Gasteiger partial charge < -0.3 is 10.2 Å². The lowest BCUT2D eigenvalue weighted by molar-refractivity contribution is -0.122. The lowest BCUT2D eigenvalue weighted by Gasteiger charge is -2.27. The Hall–Kier alpha value is -1.84. The molecule has 0 atom stereocenters. The van der Waals surface area contributed by atoms with Gasteiger partial charge in [-0.2, -0.15) is 0 Å². The molecule has 0 bridgehead atoms. The van der Waals surface area contributed by atoms with Crippen LogP contribution in [0.2, 0.25) is 0 Å². The van der Waals surface area contributed by atoms with E-state index in [2.05, 4.69) is 5.32 Å². The summed E-state index contributed by atoms with van der Waals surface area (Å²) in [4.78, 5) is 25.5. The first-order valence-electron chi connectivity index (χ1n) is 7.45. The third-order valence-corrected chi connectivity index (χ3v) is 4.25. The molecule has 2 aliphatic rings. The topological polar surface area (TPSA) is 49.4 Å².